The summed E-state index contributed by atoms with van der Waals surface area (Å²) in [5.74, 6) is 0.185. The largest absolute Gasteiger partial charge is 0.324 e. The third-order valence-electron chi connectivity index (χ3n) is 4.49. The number of nitrogens with one attached hydrogen (secondary N) is 1. The van der Waals surface area contributed by atoms with Crippen LogP contribution in [0.3, 0.4) is 0 Å². The van der Waals surface area contributed by atoms with Gasteiger partial charge in [0.05, 0.1) is 0 Å². The standard InChI is InChI=1S/C17H16ClN5O2/c1-10-5-6-11(7-13(10)18)21-15(24)8-22-14-4-2-3-12(14)16(25)23-17(22)19-9-20-23/h5-7,9H,2-4,8H2,1H3,(H,21,24). The van der Waals surface area contributed by atoms with Gasteiger partial charge in [-0.15, -0.1) is 0 Å². The number of halogens is 1. The molecule has 0 radical (unpaired) electrons. The molecule has 2 aromatic heterocycles. The van der Waals surface area contributed by atoms with Crippen LogP contribution in [0.1, 0.15) is 23.2 Å². The molecule has 128 valence electrons. The third kappa shape index (κ3) is 2.70. The van der Waals surface area contributed by atoms with Crippen molar-refractivity contribution in [1.29, 1.82) is 0 Å². The van der Waals surface area contributed by atoms with Crippen LogP contribution in [0, 0.1) is 6.92 Å². The second-order valence-electron chi connectivity index (χ2n) is 6.15. The number of carbonyl (C=O) groups excluding carboxylic acids is 1. The van der Waals surface area contributed by atoms with Crippen molar-refractivity contribution in [1.82, 2.24) is 19.2 Å². The molecule has 0 unspecified atom stereocenters. The molecule has 1 amide bonds. The number of anilines is 1. The van der Waals surface area contributed by atoms with Crippen molar-refractivity contribution >= 4 is 29.0 Å². The van der Waals surface area contributed by atoms with Gasteiger partial charge in [0.1, 0.15) is 12.9 Å². The van der Waals surface area contributed by atoms with Gasteiger partial charge in [-0.25, -0.2) is 0 Å². The SMILES string of the molecule is Cc1ccc(NC(=O)Cn2c3c(c(=O)n4ncnc24)CCC3)cc1Cl. The van der Waals surface area contributed by atoms with Crippen LogP contribution < -0.4 is 10.9 Å². The molecule has 3 aromatic rings. The van der Waals surface area contributed by atoms with Gasteiger partial charge in [-0.3, -0.25) is 9.59 Å². The maximum atomic E-state index is 12.5. The molecule has 0 fully saturated rings. The highest BCUT2D eigenvalue weighted by Gasteiger charge is 2.23. The highest BCUT2D eigenvalue weighted by molar-refractivity contribution is 6.31. The lowest BCUT2D eigenvalue weighted by atomic mass is 10.2. The van der Waals surface area contributed by atoms with E-state index in [1.165, 1.54) is 10.8 Å². The van der Waals surface area contributed by atoms with Crippen LogP contribution in [0.25, 0.3) is 5.78 Å². The minimum Gasteiger partial charge on any atom is -0.324 e. The molecule has 1 aromatic carbocycles. The van der Waals surface area contributed by atoms with E-state index in [0.717, 1.165) is 29.7 Å². The molecule has 1 aliphatic carbocycles. The van der Waals surface area contributed by atoms with Gasteiger partial charge in [0.2, 0.25) is 11.7 Å². The number of hydrogen-bond acceptors (Lipinski definition) is 4. The first kappa shape index (κ1) is 15.8. The molecule has 0 saturated heterocycles. The Morgan fingerprint density at radius 1 is 1.36 bits per heavy atom. The maximum absolute atomic E-state index is 12.5. The Bertz CT molecular complexity index is 1050. The maximum Gasteiger partial charge on any atom is 0.279 e. The minimum atomic E-state index is -0.206. The van der Waals surface area contributed by atoms with E-state index in [1.54, 1.807) is 10.6 Å². The Morgan fingerprint density at radius 3 is 3.00 bits per heavy atom. The van der Waals surface area contributed by atoms with Crippen molar-refractivity contribution in [2.45, 2.75) is 32.7 Å². The van der Waals surface area contributed by atoms with Gasteiger partial charge in [-0.1, -0.05) is 17.7 Å². The molecule has 0 aliphatic heterocycles. The summed E-state index contributed by atoms with van der Waals surface area (Å²) in [6.07, 6.45) is 3.70. The first-order valence-corrected chi connectivity index (χ1v) is 8.42. The van der Waals surface area contributed by atoms with Gasteiger partial charge in [-0.2, -0.15) is 14.6 Å². The Labute approximate surface area is 148 Å². The lowest BCUT2D eigenvalue weighted by Gasteiger charge is -2.14. The fraction of sp³-hybridized carbons (Fsp3) is 0.294. The van der Waals surface area contributed by atoms with E-state index in [4.69, 9.17) is 11.6 Å². The summed E-state index contributed by atoms with van der Waals surface area (Å²) in [7, 11) is 0. The van der Waals surface area contributed by atoms with Crippen molar-refractivity contribution in [2.24, 2.45) is 0 Å². The fourth-order valence-corrected chi connectivity index (χ4v) is 3.43. The summed E-state index contributed by atoms with van der Waals surface area (Å²) in [5.41, 5.74) is 3.05. The van der Waals surface area contributed by atoms with E-state index in [1.807, 2.05) is 19.1 Å². The van der Waals surface area contributed by atoms with E-state index in [9.17, 15) is 9.59 Å². The summed E-state index contributed by atoms with van der Waals surface area (Å²) in [4.78, 5) is 29.1. The molecule has 0 atom stereocenters. The van der Waals surface area contributed by atoms with Crippen LogP contribution >= 0.6 is 11.6 Å². The topological polar surface area (TPSA) is 81.3 Å². The predicted octanol–water partition coefficient (Wildman–Crippen LogP) is 1.98. The Kier molecular flexibility index (Phi) is 3.80. The molecule has 0 spiro atoms. The average molecular weight is 358 g/mol. The van der Waals surface area contributed by atoms with Gasteiger partial charge < -0.3 is 9.88 Å². The van der Waals surface area contributed by atoms with Crippen LogP contribution in [-0.2, 0) is 24.2 Å². The van der Waals surface area contributed by atoms with Crippen LogP contribution in [-0.4, -0.2) is 25.1 Å². The summed E-state index contributed by atoms with van der Waals surface area (Å²) >= 11 is 6.10. The van der Waals surface area contributed by atoms with Crippen LogP contribution in [0.2, 0.25) is 5.02 Å². The van der Waals surface area contributed by atoms with Crippen molar-refractivity contribution < 1.29 is 4.79 Å². The second-order valence-corrected chi connectivity index (χ2v) is 6.56. The van der Waals surface area contributed by atoms with Gasteiger partial charge in [0, 0.05) is 22.0 Å². The molecule has 1 N–H and O–H groups in total. The summed E-state index contributed by atoms with van der Waals surface area (Å²) in [6.45, 7) is 1.97. The van der Waals surface area contributed by atoms with E-state index >= 15 is 0 Å². The zero-order valence-electron chi connectivity index (χ0n) is 13.6. The molecule has 0 saturated carbocycles. The molecule has 7 nitrogen and oxygen atoms in total. The number of aromatic nitrogens is 4. The van der Waals surface area contributed by atoms with Crippen molar-refractivity contribution in [3.05, 3.63) is 56.7 Å². The summed E-state index contributed by atoms with van der Waals surface area (Å²) in [6, 6.07) is 5.38. The molecular weight excluding hydrogens is 342 g/mol. The minimum absolute atomic E-state index is 0.0658. The number of amides is 1. The lowest BCUT2D eigenvalue weighted by Crippen LogP contribution is -2.28. The van der Waals surface area contributed by atoms with E-state index < -0.39 is 0 Å². The molecular formula is C17H16ClN5O2. The first-order valence-electron chi connectivity index (χ1n) is 8.05. The highest BCUT2D eigenvalue weighted by Crippen LogP contribution is 2.22. The normalized spacial score (nSPS) is 13.2. The van der Waals surface area contributed by atoms with E-state index in [-0.39, 0.29) is 18.0 Å². The highest BCUT2D eigenvalue weighted by atomic mass is 35.5. The quantitative estimate of drug-likeness (QED) is 0.777. The number of benzene rings is 1. The average Bonchev–Trinajstić information content (AvgIpc) is 3.24. The van der Waals surface area contributed by atoms with Gasteiger partial charge in [-0.05, 0) is 43.9 Å². The van der Waals surface area contributed by atoms with Crippen LogP contribution in [0.4, 0.5) is 5.69 Å². The van der Waals surface area contributed by atoms with Gasteiger partial charge in [0.25, 0.3) is 5.56 Å². The monoisotopic (exact) mass is 357 g/mol. The van der Waals surface area contributed by atoms with Crippen LogP contribution in [0.5, 0.6) is 0 Å². The Hall–Kier alpha value is -2.67. The second kappa shape index (κ2) is 6.00. The van der Waals surface area contributed by atoms with E-state index in [2.05, 4.69) is 15.4 Å². The van der Waals surface area contributed by atoms with Crippen molar-refractivity contribution in [3.8, 4) is 0 Å². The summed E-state index contributed by atoms with van der Waals surface area (Å²) < 4.78 is 3.04. The zero-order valence-corrected chi connectivity index (χ0v) is 14.4. The number of fused-ring (bicyclic) bond motifs is 2. The third-order valence-corrected chi connectivity index (χ3v) is 4.90. The fourth-order valence-electron chi connectivity index (χ4n) is 3.25. The number of aryl methyl sites for hydroxylation is 1. The van der Waals surface area contributed by atoms with Crippen LogP contribution in [0.15, 0.2) is 29.3 Å². The van der Waals surface area contributed by atoms with E-state index in [0.29, 0.717) is 22.9 Å². The number of rotatable bonds is 3. The predicted molar refractivity (Wildman–Crippen MR) is 94.1 cm³/mol. The smallest absolute Gasteiger partial charge is 0.279 e. The van der Waals surface area contributed by atoms with Crippen molar-refractivity contribution in [2.75, 3.05) is 5.32 Å². The Morgan fingerprint density at radius 2 is 2.20 bits per heavy atom. The zero-order chi connectivity index (χ0) is 17.6. The number of hydrogen-bond donors (Lipinski definition) is 1. The Balaban J connectivity index is 1.68. The molecule has 1 aliphatic rings. The molecule has 4 rings (SSSR count). The molecule has 2 heterocycles. The molecule has 0 bridgehead atoms. The lowest BCUT2D eigenvalue weighted by molar-refractivity contribution is -0.116. The van der Waals surface area contributed by atoms with Gasteiger partial charge >= 0.3 is 0 Å². The number of carbonyl (C=O) groups is 1. The molecule has 25 heavy (non-hydrogen) atoms. The molecule has 8 heteroatoms. The van der Waals surface area contributed by atoms with Gasteiger partial charge in [0.15, 0.2) is 0 Å². The number of nitrogens with zero attached hydrogens (tertiary/aromatic N) is 4. The first-order chi connectivity index (χ1) is 12.0. The van der Waals surface area contributed by atoms with Crippen molar-refractivity contribution in [3.63, 3.8) is 0 Å². The summed E-state index contributed by atoms with van der Waals surface area (Å²) in [5, 5.41) is 7.43.